The van der Waals surface area contributed by atoms with E-state index in [1.165, 1.54) is 6.92 Å². The lowest BCUT2D eigenvalue weighted by atomic mass is 10.2. The molecule has 0 aliphatic rings. The minimum absolute atomic E-state index is 0.170. The first-order valence-electron chi connectivity index (χ1n) is 7.92. The van der Waals surface area contributed by atoms with Gasteiger partial charge in [0.1, 0.15) is 0 Å². The molecule has 0 saturated heterocycles. The highest BCUT2D eigenvalue weighted by Gasteiger charge is 2.21. The number of para-hydroxylation sites is 1. The average Bonchev–Trinajstić information content (AvgIpc) is 3.08. The first kappa shape index (κ1) is 16.5. The summed E-state index contributed by atoms with van der Waals surface area (Å²) in [6.45, 7) is 1.80. The third-order valence-corrected chi connectivity index (χ3v) is 3.61. The highest BCUT2D eigenvalue weighted by Crippen LogP contribution is 2.22. The Hall–Kier alpha value is -3.34. The fourth-order valence-electron chi connectivity index (χ4n) is 2.48. The molecule has 1 heterocycles. The molecule has 0 aliphatic heterocycles. The van der Waals surface area contributed by atoms with Crippen molar-refractivity contribution in [3.8, 4) is 0 Å². The standard InChI is InChI=1S/C20H18N2O3/c1-15(23)21-19-13-12-18(25-19)20(24)22(17-10-6-3-7-11-17)14-16-8-4-2-5-9-16/h2-13H,14H2,1H3,(H,21,23). The number of carbonyl (C=O) groups is 2. The second kappa shape index (κ2) is 7.49. The summed E-state index contributed by atoms with van der Waals surface area (Å²) in [7, 11) is 0. The lowest BCUT2D eigenvalue weighted by molar-refractivity contribution is -0.114. The van der Waals surface area contributed by atoms with Crippen molar-refractivity contribution in [1.82, 2.24) is 0 Å². The fraction of sp³-hybridized carbons (Fsp3) is 0.100. The Labute approximate surface area is 145 Å². The third kappa shape index (κ3) is 4.14. The lowest BCUT2D eigenvalue weighted by Gasteiger charge is -2.22. The second-order valence-electron chi connectivity index (χ2n) is 5.56. The first-order valence-corrected chi connectivity index (χ1v) is 7.92. The molecule has 2 aromatic carbocycles. The zero-order valence-electron chi connectivity index (χ0n) is 13.8. The minimum Gasteiger partial charge on any atom is -0.435 e. The van der Waals surface area contributed by atoms with Gasteiger partial charge in [0.2, 0.25) is 5.91 Å². The molecule has 0 bridgehead atoms. The maximum Gasteiger partial charge on any atom is 0.294 e. The molecule has 126 valence electrons. The molecule has 0 saturated carbocycles. The van der Waals surface area contributed by atoms with E-state index in [0.29, 0.717) is 6.54 Å². The molecule has 1 N–H and O–H groups in total. The van der Waals surface area contributed by atoms with Gasteiger partial charge in [0.05, 0.1) is 6.54 Å². The molecule has 0 fully saturated rings. The average molecular weight is 334 g/mol. The van der Waals surface area contributed by atoms with E-state index in [1.54, 1.807) is 17.0 Å². The van der Waals surface area contributed by atoms with Crippen molar-refractivity contribution in [1.29, 1.82) is 0 Å². The van der Waals surface area contributed by atoms with Crippen LogP contribution in [0.3, 0.4) is 0 Å². The van der Waals surface area contributed by atoms with Crippen LogP contribution in [0.5, 0.6) is 0 Å². The number of rotatable bonds is 5. The molecule has 0 atom stereocenters. The molecule has 2 amide bonds. The summed E-state index contributed by atoms with van der Waals surface area (Å²) in [6, 6.07) is 22.3. The van der Waals surface area contributed by atoms with E-state index in [2.05, 4.69) is 5.32 Å². The quantitative estimate of drug-likeness (QED) is 0.764. The summed E-state index contributed by atoms with van der Waals surface area (Å²) in [5, 5.41) is 2.53. The van der Waals surface area contributed by atoms with E-state index in [0.717, 1.165) is 11.3 Å². The summed E-state index contributed by atoms with van der Waals surface area (Å²) in [4.78, 5) is 25.7. The van der Waals surface area contributed by atoms with Crippen molar-refractivity contribution in [3.05, 3.63) is 84.1 Å². The van der Waals surface area contributed by atoms with Gasteiger partial charge in [0.15, 0.2) is 11.6 Å². The lowest BCUT2D eigenvalue weighted by Crippen LogP contribution is -2.30. The normalized spacial score (nSPS) is 10.3. The topological polar surface area (TPSA) is 62.6 Å². The van der Waals surface area contributed by atoms with E-state index in [9.17, 15) is 9.59 Å². The summed E-state index contributed by atoms with van der Waals surface area (Å²) in [5.74, 6) is -0.101. The Balaban J connectivity index is 1.89. The van der Waals surface area contributed by atoms with Crippen molar-refractivity contribution >= 4 is 23.4 Å². The largest absolute Gasteiger partial charge is 0.435 e. The van der Waals surface area contributed by atoms with Crippen LogP contribution in [-0.4, -0.2) is 11.8 Å². The Morgan fingerprint density at radius 1 is 0.920 bits per heavy atom. The maximum absolute atomic E-state index is 13.0. The van der Waals surface area contributed by atoms with Gasteiger partial charge in [-0.15, -0.1) is 0 Å². The van der Waals surface area contributed by atoms with E-state index in [4.69, 9.17) is 4.42 Å². The van der Waals surface area contributed by atoms with Gasteiger partial charge in [-0.2, -0.15) is 0 Å². The number of carbonyl (C=O) groups excluding carboxylic acids is 2. The summed E-state index contributed by atoms with van der Waals surface area (Å²) in [5.41, 5.74) is 1.78. The molecule has 0 unspecified atom stereocenters. The van der Waals surface area contributed by atoms with Crippen LogP contribution in [0.1, 0.15) is 23.0 Å². The van der Waals surface area contributed by atoms with Crippen molar-refractivity contribution in [2.45, 2.75) is 13.5 Å². The number of benzene rings is 2. The molecular formula is C20H18N2O3. The SMILES string of the molecule is CC(=O)Nc1ccc(C(=O)N(Cc2ccccc2)c2ccccc2)o1. The van der Waals surface area contributed by atoms with Crippen LogP contribution in [0.2, 0.25) is 0 Å². The van der Waals surface area contributed by atoms with Crippen molar-refractivity contribution in [2.24, 2.45) is 0 Å². The summed E-state index contributed by atoms with van der Waals surface area (Å²) < 4.78 is 5.47. The van der Waals surface area contributed by atoms with Crippen LogP contribution >= 0.6 is 0 Å². The molecule has 1 aromatic heterocycles. The number of amides is 2. The number of hydrogen-bond acceptors (Lipinski definition) is 3. The number of furan rings is 1. The molecule has 25 heavy (non-hydrogen) atoms. The molecule has 0 spiro atoms. The van der Waals surface area contributed by atoms with Gasteiger partial charge in [-0.3, -0.25) is 14.9 Å². The van der Waals surface area contributed by atoms with Crippen LogP contribution in [0, 0.1) is 0 Å². The molecule has 0 aliphatic carbocycles. The van der Waals surface area contributed by atoms with Crippen molar-refractivity contribution in [3.63, 3.8) is 0 Å². The molecule has 5 heteroatoms. The first-order chi connectivity index (χ1) is 12.1. The predicted molar refractivity (Wildman–Crippen MR) is 96.4 cm³/mol. The van der Waals surface area contributed by atoms with E-state index >= 15 is 0 Å². The molecule has 5 nitrogen and oxygen atoms in total. The van der Waals surface area contributed by atoms with Gasteiger partial charge in [0.25, 0.3) is 5.91 Å². The van der Waals surface area contributed by atoms with Gasteiger partial charge in [0, 0.05) is 18.7 Å². The zero-order chi connectivity index (χ0) is 17.6. The number of hydrogen-bond donors (Lipinski definition) is 1. The smallest absolute Gasteiger partial charge is 0.294 e. The van der Waals surface area contributed by atoms with Gasteiger partial charge in [-0.05, 0) is 23.8 Å². The third-order valence-electron chi connectivity index (χ3n) is 3.61. The Morgan fingerprint density at radius 3 is 2.20 bits per heavy atom. The fourth-order valence-corrected chi connectivity index (χ4v) is 2.48. The van der Waals surface area contributed by atoms with Crippen LogP contribution in [0.15, 0.2) is 77.2 Å². The molecular weight excluding hydrogens is 316 g/mol. The van der Waals surface area contributed by atoms with Crippen LogP contribution in [0.25, 0.3) is 0 Å². The van der Waals surface area contributed by atoms with Crippen LogP contribution in [0.4, 0.5) is 11.6 Å². The number of nitrogens with zero attached hydrogens (tertiary/aromatic N) is 1. The van der Waals surface area contributed by atoms with Crippen molar-refractivity contribution < 1.29 is 14.0 Å². The van der Waals surface area contributed by atoms with Crippen molar-refractivity contribution in [2.75, 3.05) is 10.2 Å². The zero-order valence-corrected chi connectivity index (χ0v) is 13.8. The number of nitrogens with one attached hydrogen (secondary N) is 1. The highest BCUT2D eigenvalue weighted by atomic mass is 16.4. The van der Waals surface area contributed by atoms with E-state index in [-0.39, 0.29) is 23.5 Å². The van der Waals surface area contributed by atoms with Crippen LogP contribution in [-0.2, 0) is 11.3 Å². The van der Waals surface area contributed by atoms with Gasteiger partial charge < -0.3 is 9.32 Å². The molecule has 3 aromatic rings. The Bertz CT molecular complexity index is 857. The van der Waals surface area contributed by atoms with Gasteiger partial charge >= 0.3 is 0 Å². The van der Waals surface area contributed by atoms with E-state index in [1.807, 2.05) is 60.7 Å². The Morgan fingerprint density at radius 2 is 1.56 bits per heavy atom. The summed E-state index contributed by atoms with van der Waals surface area (Å²) >= 11 is 0. The predicted octanol–water partition coefficient (Wildman–Crippen LogP) is 4.09. The maximum atomic E-state index is 13.0. The van der Waals surface area contributed by atoms with Crippen LogP contribution < -0.4 is 10.2 Å². The second-order valence-corrected chi connectivity index (χ2v) is 5.56. The monoisotopic (exact) mass is 334 g/mol. The van der Waals surface area contributed by atoms with E-state index < -0.39 is 0 Å². The minimum atomic E-state index is -0.272. The van der Waals surface area contributed by atoms with Gasteiger partial charge in [-0.25, -0.2) is 0 Å². The van der Waals surface area contributed by atoms with Gasteiger partial charge in [-0.1, -0.05) is 48.5 Å². The summed E-state index contributed by atoms with van der Waals surface area (Å²) in [6.07, 6.45) is 0. The number of anilines is 2. The molecule has 3 rings (SSSR count). The Kier molecular flexibility index (Phi) is 4.95. The molecule has 0 radical (unpaired) electrons. The highest BCUT2D eigenvalue weighted by molar-refractivity contribution is 6.04.